The van der Waals surface area contributed by atoms with E-state index in [1.165, 1.54) is 13.8 Å². The zero-order valence-corrected chi connectivity index (χ0v) is 44.0. The van der Waals surface area contributed by atoms with Crippen molar-refractivity contribution in [2.45, 2.75) is 167 Å². The molecule has 4 aliphatic heterocycles. The van der Waals surface area contributed by atoms with Gasteiger partial charge in [0.25, 0.3) is 0 Å². The number of aliphatic hydroxyl groups is 6. The van der Waals surface area contributed by atoms with E-state index in [4.69, 9.17) is 79.8 Å². The van der Waals surface area contributed by atoms with Crippen molar-refractivity contribution in [2.24, 2.45) is 0 Å². The van der Waals surface area contributed by atoms with Crippen LogP contribution in [0.5, 0.6) is 0 Å². The zero-order valence-electron chi connectivity index (χ0n) is 40.7. The Morgan fingerprint density at radius 2 is 1.04 bits per heavy atom. The van der Waals surface area contributed by atoms with Gasteiger partial charge in [-0.15, -0.1) is 11.6 Å². The Hall–Kier alpha value is -1.62. The molecule has 0 saturated carbocycles. The predicted octanol–water partition coefficient (Wildman–Crippen LogP) is 6.90. The number of carbonyl (C=O) groups is 1. The third kappa shape index (κ3) is 26.2. The van der Waals surface area contributed by atoms with E-state index in [-0.39, 0.29) is 56.4 Å². The Bertz CT molecular complexity index is 1710. The number of hydrogen-bond donors (Lipinski definition) is 6. The Kier molecular flexibility index (Phi) is 32.5. The Balaban J connectivity index is 0.000000906. The van der Waals surface area contributed by atoms with Crippen LogP contribution < -0.4 is 0 Å². The van der Waals surface area contributed by atoms with Gasteiger partial charge in [-0.3, -0.25) is 0 Å². The van der Waals surface area contributed by atoms with Gasteiger partial charge in [-0.1, -0.05) is 81.3 Å². The maximum absolute atomic E-state index is 9.44. The molecule has 20 heteroatoms. The fourth-order valence-corrected chi connectivity index (χ4v) is 6.82. The van der Waals surface area contributed by atoms with Crippen LogP contribution in [0.3, 0.4) is 0 Å². The summed E-state index contributed by atoms with van der Waals surface area (Å²) in [4.78, 5) is 9.44. The van der Waals surface area contributed by atoms with Gasteiger partial charge < -0.3 is 78.1 Å². The molecule has 4 saturated heterocycles. The van der Waals surface area contributed by atoms with Crippen LogP contribution in [0, 0.1) is 0 Å². The molecule has 6 rings (SSSR count). The predicted molar refractivity (Wildman–Crippen MR) is 264 cm³/mol. The van der Waals surface area contributed by atoms with Crippen molar-refractivity contribution in [2.75, 3.05) is 39.6 Å². The van der Waals surface area contributed by atoms with E-state index >= 15 is 0 Å². The van der Waals surface area contributed by atoms with Crippen molar-refractivity contribution in [1.29, 1.82) is 0 Å². The molecule has 6 N–H and O–H groups in total. The first-order valence-corrected chi connectivity index (χ1v) is 24.9. The summed E-state index contributed by atoms with van der Waals surface area (Å²) in [5.41, 5.74) is 4.49. The Labute approximate surface area is 429 Å². The SMILES string of the molecule is C.C=Cc1ccc(CCl)cc1.C=Cc1ccc(COCC2OC(C)(C)OC2C2COC(C)(C)O2)cc1.CC(C)=O.CC1(C)OCC(C2OC(C)(C)OC2CO)O1.OCC(O)C(O)C(O)CO.[Cl][Cu][Cl]. The molecule has 69 heavy (non-hydrogen) atoms. The first-order chi connectivity index (χ1) is 31.7. The quantitative estimate of drug-likeness (QED) is 0.0837. The normalized spacial score (nSPS) is 25.6. The minimum atomic E-state index is -1.49. The molecule has 8 atom stereocenters. The summed E-state index contributed by atoms with van der Waals surface area (Å²) >= 11 is 6.35. The number of ether oxygens (including phenoxy) is 9. The number of ketones is 1. The van der Waals surface area contributed by atoms with E-state index in [2.05, 4.69) is 33.4 Å². The van der Waals surface area contributed by atoms with Crippen LogP contribution in [0.4, 0.5) is 0 Å². The molecule has 4 heterocycles. The summed E-state index contributed by atoms with van der Waals surface area (Å²) in [6.07, 6.45) is -2.01. The number of carbonyl (C=O) groups excluding carboxylic acids is 1. The first-order valence-electron chi connectivity index (χ1n) is 21.8. The monoisotopic (exact) mass is 1090 g/mol. The van der Waals surface area contributed by atoms with E-state index in [0.717, 1.165) is 35.4 Å². The molecule has 0 amide bonds. The summed E-state index contributed by atoms with van der Waals surface area (Å²) < 4.78 is 52.1. The van der Waals surface area contributed by atoms with Gasteiger partial charge in [0.05, 0.1) is 46.2 Å². The van der Waals surface area contributed by atoms with Crippen LogP contribution >= 0.6 is 31.8 Å². The standard InChI is InChI=1S/C20H28O5.C11H20O5.C9H9Cl.C5H12O5.C3H6O.CH4.2ClH.Cu/c1-6-14-7-9-15(10-8-14)11-21-12-16-18(25-20(4,5)24-16)17-13-22-19(2,3)23-17;1-10(2)13-6-8(15-10)9-7(5-12)14-11(3,4)16-9;1-2-8-3-5-9(7-10)6-4-8;6-1-3(8)5(10)4(9)2-7;1-3(2)4;;;;/h6-10,16-18H,1,11-13H2,2-5H3;7-9,12H,5-6H2,1-4H3;2-6H,1,7H2;3-10H,1-2H2;1-2H3;1H4;2*1H;/q;;;;;;;;+2/p-2. The van der Waals surface area contributed by atoms with Crippen LogP contribution in [0.1, 0.15) is 98.9 Å². The summed E-state index contributed by atoms with van der Waals surface area (Å²) in [6.45, 7) is 26.1. The van der Waals surface area contributed by atoms with Gasteiger partial charge in [0.2, 0.25) is 0 Å². The molecule has 4 fully saturated rings. The minimum absolute atomic E-state index is 0. The second kappa shape index (κ2) is 33.2. The van der Waals surface area contributed by atoms with Crippen molar-refractivity contribution in [3.63, 3.8) is 0 Å². The molecular weight excluding hydrogens is 1010 g/mol. The molecule has 2 aromatic carbocycles. The second-order valence-corrected chi connectivity index (χ2v) is 19.5. The molecule has 8 unspecified atom stereocenters. The number of aliphatic hydroxyl groups excluding tert-OH is 6. The van der Waals surface area contributed by atoms with Gasteiger partial charge in [0.1, 0.15) is 60.7 Å². The second-order valence-electron chi connectivity index (χ2n) is 17.7. The van der Waals surface area contributed by atoms with Crippen molar-refractivity contribution < 1.29 is 91.2 Å². The molecule has 0 radical (unpaired) electrons. The van der Waals surface area contributed by atoms with Crippen LogP contribution in [-0.4, -0.2) is 154 Å². The molecule has 0 bridgehead atoms. The fraction of sp³-hybridized carbons (Fsp3) is 0.653. The van der Waals surface area contributed by atoms with Crippen molar-refractivity contribution in [1.82, 2.24) is 0 Å². The van der Waals surface area contributed by atoms with Gasteiger partial charge >= 0.3 is 33.3 Å². The van der Waals surface area contributed by atoms with Crippen LogP contribution in [0.25, 0.3) is 12.2 Å². The molecule has 0 aromatic heterocycles. The first kappa shape index (κ1) is 67.4. The van der Waals surface area contributed by atoms with Gasteiger partial charge in [-0.05, 0) is 91.5 Å². The van der Waals surface area contributed by atoms with E-state index in [9.17, 15) is 9.90 Å². The zero-order chi connectivity index (χ0) is 51.9. The summed E-state index contributed by atoms with van der Waals surface area (Å²) in [7, 11) is 9.34. The van der Waals surface area contributed by atoms with E-state index in [0.29, 0.717) is 32.3 Å². The maximum atomic E-state index is 9.44. The van der Waals surface area contributed by atoms with Gasteiger partial charge in [-0.25, -0.2) is 0 Å². The molecule has 16 nitrogen and oxygen atoms in total. The number of alkyl halides is 1. The van der Waals surface area contributed by atoms with Crippen molar-refractivity contribution in [3.8, 4) is 0 Å². The molecule has 2 aromatic rings. The Morgan fingerprint density at radius 3 is 1.36 bits per heavy atom. The average molecular weight is 1090 g/mol. The topological polar surface area (TPSA) is 222 Å². The van der Waals surface area contributed by atoms with Crippen LogP contribution in [0.2, 0.25) is 0 Å². The van der Waals surface area contributed by atoms with Gasteiger partial charge in [0.15, 0.2) is 23.1 Å². The summed E-state index contributed by atoms with van der Waals surface area (Å²) in [5, 5.41) is 51.8. The number of halogens is 3. The van der Waals surface area contributed by atoms with Crippen molar-refractivity contribution >= 4 is 49.7 Å². The molecule has 4 aliphatic rings. The third-order valence-electron chi connectivity index (χ3n) is 9.72. The van der Waals surface area contributed by atoms with Gasteiger partial charge in [0, 0.05) is 5.88 Å². The molecule has 0 aliphatic carbocycles. The number of benzene rings is 2. The van der Waals surface area contributed by atoms with Gasteiger partial charge in [-0.2, -0.15) is 0 Å². The van der Waals surface area contributed by atoms with Crippen LogP contribution in [-0.2, 0) is 73.0 Å². The fourth-order valence-electron chi connectivity index (χ4n) is 6.64. The summed E-state index contributed by atoms with van der Waals surface area (Å²) in [5.74, 6) is -1.74. The summed E-state index contributed by atoms with van der Waals surface area (Å²) in [6, 6.07) is 16.2. The molecule has 403 valence electrons. The average Bonchev–Trinajstić information content (AvgIpc) is 4.03. The third-order valence-corrected chi connectivity index (χ3v) is 10.0. The van der Waals surface area contributed by atoms with E-state index in [1.54, 1.807) is 0 Å². The number of hydrogen-bond acceptors (Lipinski definition) is 16. The van der Waals surface area contributed by atoms with E-state index in [1.807, 2.05) is 116 Å². The number of Topliss-reactive ketones (excluding diaryl/α,β-unsaturated/α-hetero) is 1. The number of rotatable bonds is 14. The molecule has 0 spiro atoms. The van der Waals surface area contributed by atoms with E-state index < -0.39 is 54.7 Å². The Morgan fingerprint density at radius 1 is 0.681 bits per heavy atom. The molecular formula is C49H79Cl3CuO16. The van der Waals surface area contributed by atoms with Crippen molar-refractivity contribution in [3.05, 3.63) is 83.9 Å². The van der Waals surface area contributed by atoms with Crippen LogP contribution in [0.15, 0.2) is 61.7 Å².